The third kappa shape index (κ3) is 3.27. The van der Waals surface area contributed by atoms with Gasteiger partial charge in [-0.15, -0.1) is 0 Å². The van der Waals surface area contributed by atoms with Crippen molar-refractivity contribution in [3.8, 4) is 0 Å². The molecule has 0 radical (unpaired) electrons. The number of nitrogens with one attached hydrogen (secondary N) is 2. The summed E-state index contributed by atoms with van der Waals surface area (Å²) in [4.78, 5) is 30.8. The maximum atomic E-state index is 12.0. The van der Waals surface area contributed by atoms with E-state index in [9.17, 15) is 14.9 Å². The van der Waals surface area contributed by atoms with Gasteiger partial charge in [-0.3, -0.25) is 19.9 Å². The first-order chi connectivity index (χ1) is 11.6. The van der Waals surface area contributed by atoms with Crippen molar-refractivity contribution in [1.82, 2.24) is 9.97 Å². The van der Waals surface area contributed by atoms with Crippen LogP contribution in [0.15, 0.2) is 54.9 Å². The van der Waals surface area contributed by atoms with Crippen LogP contribution in [0.25, 0.3) is 10.9 Å². The van der Waals surface area contributed by atoms with Gasteiger partial charge in [0.1, 0.15) is 11.3 Å². The first-order valence-electron chi connectivity index (χ1n) is 7.12. The number of anilines is 2. The van der Waals surface area contributed by atoms with E-state index in [2.05, 4.69) is 20.6 Å². The van der Waals surface area contributed by atoms with Gasteiger partial charge in [-0.05, 0) is 30.3 Å². The molecule has 0 bridgehead atoms. The maximum Gasteiger partial charge on any atom is 0.278 e. The molecule has 120 valence electrons. The number of nitro benzene ring substituents is 1. The highest BCUT2D eigenvalue weighted by Crippen LogP contribution is 2.29. The number of nitro groups is 1. The zero-order valence-corrected chi connectivity index (χ0v) is 12.5. The van der Waals surface area contributed by atoms with Gasteiger partial charge in [0.25, 0.3) is 5.69 Å². The van der Waals surface area contributed by atoms with Crippen molar-refractivity contribution in [2.24, 2.45) is 0 Å². The van der Waals surface area contributed by atoms with Gasteiger partial charge in [0.05, 0.1) is 22.5 Å². The number of pyridine rings is 2. The van der Waals surface area contributed by atoms with Crippen molar-refractivity contribution in [2.75, 3.05) is 17.2 Å². The lowest BCUT2D eigenvalue weighted by Gasteiger charge is -2.09. The van der Waals surface area contributed by atoms with Crippen LogP contribution in [0.4, 0.5) is 17.2 Å². The second-order valence-corrected chi connectivity index (χ2v) is 4.91. The summed E-state index contributed by atoms with van der Waals surface area (Å²) < 4.78 is 0. The molecule has 3 aromatic rings. The lowest BCUT2D eigenvalue weighted by molar-refractivity contribution is -0.383. The second kappa shape index (κ2) is 6.69. The Labute approximate surface area is 136 Å². The summed E-state index contributed by atoms with van der Waals surface area (Å²) in [5, 5.41) is 17.1. The number of carbonyl (C=O) groups excluding carboxylic acids is 1. The van der Waals surface area contributed by atoms with Gasteiger partial charge in [-0.2, -0.15) is 0 Å². The molecule has 2 heterocycles. The molecular formula is C16H13N5O3. The van der Waals surface area contributed by atoms with E-state index in [0.29, 0.717) is 22.4 Å². The Morgan fingerprint density at radius 2 is 1.92 bits per heavy atom. The van der Waals surface area contributed by atoms with E-state index >= 15 is 0 Å². The number of hydrogen-bond donors (Lipinski definition) is 2. The van der Waals surface area contributed by atoms with E-state index < -0.39 is 4.92 Å². The lowest BCUT2D eigenvalue weighted by Crippen LogP contribution is -2.22. The number of fused-ring (bicyclic) bond motifs is 1. The molecule has 2 aromatic heterocycles. The number of nitrogens with zero attached hydrogens (tertiary/aromatic N) is 3. The zero-order valence-electron chi connectivity index (χ0n) is 12.5. The Kier molecular flexibility index (Phi) is 4.28. The average molecular weight is 323 g/mol. The monoisotopic (exact) mass is 323 g/mol. The number of carbonyl (C=O) groups is 1. The number of non-ortho nitro benzene ring substituents is 1. The van der Waals surface area contributed by atoms with Crippen molar-refractivity contribution < 1.29 is 9.72 Å². The Balaban J connectivity index is 1.77. The highest BCUT2D eigenvalue weighted by Gasteiger charge is 2.15. The van der Waals surface area contributed by atoms with Gasteiger partial charge in [0.2, 0.25) is 5.91 Å². The quantitative estimate of drug-likeness (QED) is 0.551. The molecule has 2 N–H and O–H groups in total. The van der Waals surface area contributed by atoms with Crippen molar-refractivity contribution in [2.45, 2.75) is 0 Å². The summed E-state index contributed by atoms with van der Waals surface area (Å²) in [6.07, 6.45) is 3.13. The van der Waals surface area contributed by atoms with Crippen molar-refractivity contribution >= 4 is 34.0 Å². The first-order valence-corrected chi connectivity index (χ1v) is 7.12. The van der Waals surface area contributed by atoms with Crippen LogP contribution in [-0.2, 0) is 4.79 Å². The topological polar surface area (TPSA) is 110 Å². The molecule has 3 rings (SSSR count). The van der Waals surface area contributed by atoms with Gasteiger partial charge in [0, 0.05) is 18.5 Å². The molecule has 0 aliphatic heterocycles. The second-order valence-electron chi connectivity index (χ2n) is 4.91. The molecule has 1 aromatic carbocycles. The summed E-state index contributed by atoms with van der Waals surface area (Å²) in [5.74, 6) is 0.173. The summed E-state index contributed by atoms with van der Waals surface area (Å²) in [7, 11) is 0. The lowest BCUT2D eigenvalue weighted by atomic mass is 10.1. The SMILES string of the molecule is O=C(CNc1ccc([N+](=O)[O-])c2cccnc12)Nc1ccccn1. The smallest absolute Gasteiger partial charge is 0.278 e. The fourth-order valence-corrected chi connectivity index (χ4v) is 2.26. The highest BCUT2D eigenvalue weighted by molar-refractivity contribution is 5.99. The van der Waals surface area contributed by atoms with E-state index in [-0.39, 0.29) is 18.1 Å². The summed E-state index contributed by atoms with van der Waals surface area (Å²) in [5.41, 5.74) is 0.964. The molecule has 0 aliphatic carbocycles. The third-order valence-corrected chi connectivity index (χ3v) is 3.32. The van der Waals surface area contributed by atoms with E-state index in [1.165, 1.54) is 6.07 Å². The fraction of sp³-hybridized carbons (Fsp3) is 0.0625. The van der Waals surface area contributed by atoms with Gasteiger partial charge in [0.15, 0.2) is 0 Å². The predicted octanol–water partition coefficient (Wildman–Crippen LogP) is 2.59. The van der Waals surface area contributed by atoms with Crippen molar-refractivity contribution in [1.29, 1.82) is 0 Å². The first kappa shape index (κ1) is 15.3. The fourth-order valence-electron chi connectivity index (χ4n) is 2.26. The Morgan fingerprint density at radius 3 is 2.67 bits per heavy atom. The Morgan fingerprint density at radius 1 is 1.08 bits per heavy atom. The van der Waals surface area contributed by atoms with E-state index in [1.54, 1.807) is 48.8 Å². The third-order valence-electron chi connectivity index (χ3n) is 3.32. The van der Waals surface area contributed by atoms with Crippen molar-refractivity contribution in [3.05, 3.63) is 65.0 Å². The van der Waals surface area contributed by atoms with Crippen LogP contribution in [-0.4, -0.2) is 27.3 Å². The molecule has 0 unspecified atom stereocenters. The van der Waals surface area contributed by atoms with Gasteiger partial charge in [-0.25, -0.2) is 4.98 Å². The van der Waals surface area contributed by atoms with Crippen LogP contribution >= 0.6 is 0 Å². The number of rotatable bonds is 5. The minimum Gasteiger partial charge on any atom is -0.374 e. The Hall–Kier alpha value is -3.55. The average Bonchev–Trinajstić information content (AvgIpc) is 2.60. The maximum absolute atomic E-state index is 12.0. The van der Waals surface area contributed by atoms with Crippen LogP contribution < -0.4 is 10.6 Å². The number of amides is 1. The van der Waals surface area contributed by atoms with E-state index in [4.69, 9.17) is 0 Å². The summed E-state index contributed by atoms with van der Waals surface area (Å²) in [6.45, 7) is -0.0138. The van der Waals surface area contributed by atoms with Crippen LogP contribution in [0.2, 0.25) is 0 Å². The van der Waals surface area contributed by atoms with Crippen LogP contribution in [0.5, 0.6) is 0 Å². The van der Waals surface area contributed by atoms with Gasteiger partial charge in [-0.1, -0.05) is 6.07 Å². The summed E-state index contributed by atoms with van der Waals surface area (Å²) >= 11 is 0. The number of hydrogen-bond acceptors (Lipinski definition) is 6. The molecule has 24 heavy (non-hydrogen) atoms. The minimum absolute atomic E-state index is 0.0138. The van der Waals surface area contributed by atoms with Crippen molar-refractivity contribution in [3.63, 3.8) is 0 Å². The molecular weight excluding hydrogens is 310 g/mol. The standard InChI is InChI=1S/C16H13N5O3/c22-15(20-14-5-1-2-8-17-14)10-19-12-6-7-13(21(23)24)11-4-3-9-18-16(11)12/h1-9,19H,10H2,(H,17,20,22). The molecule has 0 aliphatic rings. The molecule has 0 saturated carbocycles. The normalized spacial score (nSPS) is 10.3. The molecule has 8 heteroatoms. The summed E-state index contributed by atoms with van der Waals surface area (Å²) in [6, 6.07) is 11.4. The van der Waals surface area contributed by atoms with Gasteiger partial charge >= 0.3 is 0 Å². The van der Waals surface area contributed by atoms with Crippen LogP contribution in [0, 0.1) is 10.1 Å². The largest absolute Gasteiger partial charge is 0.374 e. The molecule has 0 saturated heterocycles. The number of aromatic nitrogens is 2. The Bertz CT molecular complexity index is 899. The predicted molar refractivity (Wildman–Crippen MR) is 89.8 cm³/mol. The highest BCUT2D eigenvalue weighted by atomic mass is 16.6. The zero-order chi connectivity index (χ0) is 16.9. The van der Waals surface area contributed by atoms with E-state index in [0.717, 1.165) is 0 Å². The van der Waals surface area contributed by atoms with Crippen LogP contribution in [0.1, 0.15) is 0 Å². The molecule has 8 nitrogen and oxygen atoms in total. The van der Waals surface area contributed by atoms with E-state index in [1.807, 2.05) is 0 Å². The molecule has 0 spiro atoms. The molecule has 0 fully saturated rings. The van der Waals surface area contributed by atoms with Gasteiger partial charge < -0.3 is 10.6 Å². The molecule has 0 atom stereocenters. The minimum atomic E-state index is -0.457. The van der Waals surface area contributed by atoms with Crippen LogP contribution in [0.3, 0.4) is 0 Å². The molecule has 1 amide bonds. The number of benzene rings is 1.